The summed E-state index contributed by atoms with van der Waals surface area (Å²) < 4.78 is 10.6. The number of anilines is 1. The second kappa shape index (κ2) is 6.75. The van der Waals surface area contributed by atoms with E-state index in [1.54, 1.807) is 12.1 Å². The van der Waals surface area contributed by atoms with Crippen LogP contribution in [0.1, 0.15) is 32.4 Å². The van der Waals surface area contributed by atoms with E-state index in [0.717, 1.165) is 16.3 Å². The second-order valence-electron chi connectivity index (χ2n) is 7.32. The summed E-state index contributed by atoms with van der Waals surface area (Å²) in [6.45, 7) is 6.05. The number of hydrogen-bond donors (Lipinski definition) is 1. The molecule has 0 radical (unpaired) electrons. The summed E-state index contributed by atoms with van der Waals surface area (Å²) in [5.74, 6) is 0.514. The molecule has 0 saturated heterocycles. The maximum absolute atomic E-state index is 12.1. The fourth-order valence-corrected chi connectivity index (χ4v) is 3.30. The summed E-state index contributed by atoms with van der Waals surface area (Å²) in [4.78, 5) is 13.4. The minimum absolute atomic E-state index is 0.238. The van der Waals surface area contributed by atoms with Crippen LogP contribution in [0.3, 0.4) is 0 Å². The lowest BCUT2D eigenvalue weighted by Crippen LogP contribution is -2.40. The Morgan fingerprint density at radius 3 is 2.35 bits per heavy atom. The normalized spacial score (nSPS) is 12.8. The largest absolute Gasteiger partial charge is 0.468 e. The predicted molar refractivity (Wildman–Crippen MR) is 102 cm³/mol. The maximum atomic E-state index is 12.1. The summed E-state index contributed by atoms with van der Waals surface area (Å²) >= 11 is 0. The number of nitrogens with zero attached hydrogens (tertiary/aromatic N) is 1. The van der Waals surface area contributed by atoms with Crippen molar-refractivity contribution in [2.75, 3.05) is 12.0 Å². The predicted octanol–water partition coefficient (Wildman–Crippen LogP) is 5.71. The van der Waals surface area contributed by atoms with Crippen molar-refractivity contribution in [3.8, 4) is 5.95 Å². The standard InChI is InChI=1S/C21H23NO4/c1-21(2,3)19(16-10-9-14-7-5-6-8-15(14)13-16)22(20(23)24)17-11-12-18(25-4)26-17/h5-13,19H,1-4H3,(H,23,24). The van der Waals surface area contributed by atoms with Crippen LogP contribution >= 0.6 is 0 Å². The summed E-state index contributed by atoms with van der Waals surface area (Å²) in [6.07, 6.45) is -1.07. The van der Waals surface area contributed by atoms with E-state index in [1.165, 1.54) is 12.0 Å². The van der Waals surface area contributed by atoms with Crippen molar-refractivity contribution in [3.63, 3.8) is 0 Å². The molecule has 0 saturated carbocycles. The molecular weight excluding hydrogens is 330 g/mol. The Morgan fingerprint density at radius 1 is 1.08 bits per heavy atom. The van der Waals surface area contributed by atoms with Gasteiger partial charge in [-0.1, -0.05) is 57.2 Å². The van der Waals surface area contributed by atoms with Gasteiger partial charge in [-0.3, -0.25) is 0 Å². The van der Waals surface area contributed by atoms with Crippen LogP contribution in [0.5, 0.6) is 5.95 Å². The van der Waals surface area contributed by atoms with E-state index in [1.807, 2.05) is 63.2 Å². The Balaban J connectivity index is 2.14. The zero-order valence-electron chi connectivity index (χ0n) is 15.4. The van der Waals surface area contributed by atoms with Gasteiger partial charge in [-0.25, -0.2) is 9.69 Å². The van der Waals surface area contributed by atoms with E-state index in [0.29, 0.717) is 0 Å². The highest BCUT2D eigenvalue weighted by Gasteiger charge is 2.37. The monoisotopic (exact) mass is 353 g/mol. The molecule has 0 aliphatic heterocycles. The van der Waals surface area contributed by atoms with Crippen molar-refractivity contribution in [2.24, 2.45) is 5.41 Å². The van der Waals surface area contributed by atoms with Gasteiger partial charge in [-0.15, -0.1) is 0 Å². The van der Waals surface area contributed by atoms with Crippen molar-refractivity contribution in [1.82, 2.24) is 0 Å². The van der Waals surface area contributed by atoms with Crippen LogP contribution in [-0.2, 0) is 0 Å². The zero-order chi connectivity index (χ0) is 18.9. The first-order chi connectivity index (χ1) is 12.3. The lowest BCUT2D eigenvalue weighted by Gasteiger charge is -2.37. The minimum atomic E-state index is -1.07. The number of benzene rings is 2. The van der Waals surface area contributed by atoms with Crippen LogP contribution in [0, 0.1) is 5.41 Å². The fourth-order valence-electron chi connectivity index (χ4n) is 3.30. The minimum Gasteiger partial charge on any atom is -0.468 e. The maximum Gasteiger partial charge on any atom is 0.414 e. The number of carboxylic acid groups (broad SMARTS) is 1. The van der Waals surface area contributed by atoms with Crippen LogP contribution in [0.15, 0.2) is 59.0 Å². The van der Waals surface area contributed by atoms with Gasteiger partial charge in [0.1, 0.15) is 0 Å². The summed E-state index contributed by atoms with van der Waals surface area (Å²) in [5, 5.41) is 12.1. The third-order valence-corrected chi connectivity index (χ3v) is 4.38. The average Bonchev–Trinajstić information content (AvgIpc) is 3.06. The van der Waals surface area contributed by atoms with Crippen molar-refractivity contribution >= 4 is 22.7 Å². The average molecular weight is 353 g/mol. The van der Waals surface area contributed by atoms with Crippen molar-refractivity contribution in [2.45, 2.75) is 26.8 Å². The Morgan fingerprint density at radius 2 is 1.77 bits per heavy atom. The van der Waals surface area contributed by atoms with Gasteiger partial charge in [0.25, 0.3) is 5.95 Å². The highest BCUT2D eigenvalue weighted by atomic mass is 16.6. The molecule has 1 N–H and O–H groups in total. The number of ether oxygens (including phenoxy) is 1. The van der Waals surface area contributed by atoms with E-state index in [4.69, 9.17) is 9.15 Å². The summed E-state index contributed by atoms with van der Waals surface area (Å²) in [7, 11) is 1.48. The molecule has 1 aromatic heterocycles. The molecule has 3 aromatic rings. The molecule has 3 rings (SSSR count). The molecule has 1 amide bonds. The van der Waals surface area contributed by atoms with E-state index in [9.17, 15) is 9.90 Å². The summed E-state index contributed by atoms with van der Waals surface area (Å²) in [6, 6.07) is 16.9. The van der Waals surface area contributed by atoms with Crippen LogP contribution in [0.25, 0.3) is 10.8 Å². The molecule has 5 nitrogen and oxygen atoms in total. The van der Waals surface area contributed by atoms with Crippen molar-refractivity contribution in [1.29, 1.82) is 0 Å². The topological polar surface area (TPSA) is 62.9 Å². The molecule has 26 heavy (non-hydrogen) atoms. The van der Waals surface area contributed by atoms with Crippen LogP contribution < -0.4 is 9.64 Å². The lowest BCUT2D eigenvalue weighted by atomic mass is 9.81. The molecule has 0 fully saturated rings. The molecule has 2 aromatic carbocycles. The molecule has 0 aliphatic carbocycles. The molecule has 1 atom stereocenters. The van der Waals surface area contributed by atoms with Gasteiger partial charge >= 0.3 is 6.09 Å². The summed E-state index contributed by atoms with van der Waals surface area (Å²) in [5.41, 5.74) is 0.551. The molecule has 0 spiro atoms. The lowest BCUT2D eigenvalue weighted by molar-refractivity contribution is 0.185. The SMILES string of the molecule is COc1ccc(N(C(=O)O)C(c2ccc3ccccc3c2)C(C)(C)C)o1. The number of carbonyl (C=O) groups is 1. The van der Waals surface area contributed by atoms with E-state index in [2.05, 4.69) is 0 Å². The number of amides is 1. The molecular formula is C21H23NO4. The quantitative estimate of drug-likeness (QED) is 0.652. The van der Waals surface area contributed by atoms with Crippen LogP contribution in [-0.4, -0.2) is 18.3 Å². The van der Waals surface area contributed by atoms with Crippen LogP contribution in [0.2, 0.25) is 0 Å². The van der Waals surface area contributed by atoms with Gasteiger partial charge in [0, 0.05) is 12.1 Å². The Kier molecular flexibility index (Phi) is 4.64. The Labute approximate surface area is 152 Å². The Hall–Kier alpha value is -2.95. The number of hydrogen-bond acceptors (Lipinski definition) is 3. The van der Waals surface area contributed by atoms with Gasteiger partial charge in [0.05, 0.1) is 13.2 Å². The van der Waals surface area contributed by atoms with Gasteiger partial charge in [-0.05, 0) is 27.8 Å². The van der Waals surface area contributed by atoms with Gasteiger partial charge in [0.2, 0.25) is 5.88 Å². The highest BCUT2D eigenvalue weighted by Crippen LogP contribution is 2.42. The fraction of sp³-hybridized carbons (Fsp3) is 0.286. The third kappa shape index (κ3) is 3.38. The number of rotatable bonds is 4. The van der Waals surface area contributed by atoms with Gasteiger partial charge in [0.15, 0.2) is 0 Å². The van der Waals surface area contributed by atoms with Gasteiger partial charge in [-0.2, -0.15) is 0 Å². The Bertz CT molecular complexity index is 923. The van der Waals surface area contributed by atoms with E-state index in [-0.39, 0.29) is 17.2 Å². The van der Waals surface area contributed by atoms with Crippen molar-refractivity contribution in [3.05, 3.63) is 60.2 Å². The molecule has 0 bridgehead atoms. The number of furan rings is 1. The number of fused-ring (bicyclic) bond motifs is 1. The van der Waals surface area contributed by atoms with Crippen molar-refractivity contribution < 1.29 is 19.1 Å². The second-order valence-corrected chi connectivity index (χ2v) is 7.32. The highest BCUT2D eigenvalue weighted by molar-refractivity contribution is 5.87. The molecule has 5 heteroatoms. The molecule has 1 heterocycles. The van der Waals surface area contributed by atoms with E-state index >= 15 is 0 Å². The van der Waals surface area contributed by atoms with E-state index < -0.39 is 12.1 Å². The number of methoxy groups -OCH3 is 1. The third-order valence-electron chi connectivity index (χ3n) is 4.38. The smallest absolute Gasteiger partial charge is 0.414 e. The first-order valence-electron chi connectivity index (χ1n) is 8.46. The zero-order valence-corrected chi connectivity index (χ0v) is 15.4. The first-order valence-corrected chi connectivity index (χ1v) is 8.46. The molecule has 0 aliphatic rings. The van der Waals surface area contributed by atoms with Gasteiger partial charge < -0.3 is 14.3 Å². The first kappa shape index (κ1) is 17.9. The molecule has 136 valence electrons. The van der Waals surface area contributed by atoms with Crippen LogP contribution in [0.4, 0.5) is 10.7 Å². The molecule has 1 unspecified atom stereocenters.